The molecule has 0 saturated heterocycles. The minimum atomic E-state index is -3.75. The molecular formula is C21H21FN8O4S. The van der Waals surface area contributed by atoms with Gasteiger partial charge in [0.05, 0.1) is 18.8 Å². The van der Waals surface area contributed by atoms with Crippen LogP contribution >= 0.6 is 0 Å². The largest absolute Gasteiger partial charge is 0.364 e. The van der Waals surface area contributed by atoms with E-state index >= 15 is 0 Å². The first-order chi connectivity index (χ1) is 16.7. The van der Waals surface area contributed by atoms with Crippen LogP contribution in [0.3, 0.4) is 0 Å². The number of carbonyl (C=O) groups excluding carboxylic acids is 1. The number of nitrogens with zero attached hydrogens (tertiary/aromatic N) is 6. The first-order valence-corrected chi connectivity index (χ1v) is 11.7. The first-order valence-electron chi connectivity index (χ1n) is 10.3. The van der Waals surface area contributed by atoms with E-state index in [9.17, 15) is 17.6 Å². The van der Waals surface area contributed by atoms with Crippen molar-refractivity contribution in [1.82, 2.24) is 33.9 Å². The van der Waals surface area contributed by atoms with Gasteiger partial charge in [0, 0.05) is 31.9 Å². The highest BCUT2D eigenvalue weighted by molar-refractivity contribution is 7.87. The van der Waals surface area contributed by atoms with E-state index in [1.54, 1.807) is 35.0 Å². The van der Waals surface area contributed by atoms with Crippen molar-refractivity contribution in [2.45, 2.75) is 6.54 Å². The van der Waals surface area contributed by atoms with Crippen molar-refractivity contribution in [3.05, 3.63) is 66.3 Å². The van der Waals surface area contributed by atoms with Gasteiger partial charge >= 0.3 is 0 Å². The maximum Gasteiger partial charge on any atom is 0.279 e. The lowest BCUT2D eigenvalue weighted by Gasteiger charge is -2.12. The third-order valence-electron chi connectivity index (χ3n) is 4.81. The van der Waals surface area contributed by atoms with Gasteiger partial charge in [0.1, 0.15) is 29.3 Å². The normalized spacial score (nSPS) is 11.7. The predicted octanol–water partition coefficient (Wildman–Crippen LogP) is 1.52. The molecular weight excluding hydrogens is 479 g/mol. The monoisotopic (exact) mass is 500 g/mol. The SMILES string of the molecule is CN(C)S(=O)(=O)NCC(=O)Nc1ccnc(-c2cc(-c3ccon3)n(Cc3ccccc3F)n2)n1. The number of nitrogens with one attached hydrogen (secondary N) is 2. The third kappa shape index (κ3) is 5.74. The van der Waals surface area contributed by atoms with Crippen LogP contribution in [0.1, 0.15) is 5.56 Å². The molecule has 0 bridgehead atoms. The molecule has 1 amide bonds. The second-order valence-electron chi connectivity index (χ2n) is 7.47. The average Bonchev–Trinajstić information content (AvgIpc) is 3.49. The fourth-order valence-electron chi connectivity index (χ4n) is 3.01. The van der Waals surface area contributed by atoms with Crippen LogP contribution < -0.4 is 10.0 Å². The van der Waals surface area contributed by atoms with E-state index < -0.39 is 22.7 Å². The number of benzene rings is 1. The van der Waals surface area contributed by atoms with Crippen molar-refractivity contribution < 1.29 is 22.1 Å². The van der Waals surface area contributed by atoms with Gasteiger partial charge < -0.3 is 9.84 Å². The fraction of sp³-hybridized carbons (Fsp3) is 0.190. The quantitative estimate of drug-likeness (QED) is 0.351. The number of carbonyl (C=O) groups is 1. The Morgan fingerprint density at radius 3 is 2.69 bits per heavy atom. The summed E-state index contributed by atoms with van der Waals surface area (Å²) in [6.07, 6.45) is 2.83. The minimum Gasteiger partial charge on any atom is -0.364 e. The molecule has 12 nitrogen and oxygen atoms in total. The van der Waals surface area contributed by atoms with Crippen LogP contribution in [-0.4, -0.2) is 64.2 Å². The molecule has 4 aromatic rings. The number of anilines is 1. The lowest BCUT2D eigenvalue weighted by atomic mass is 10.2. The summed E-state index contributed by atoms with van der Waals surface area (Å²) >= 11 is 0. The molecule has 0 radical (unpaired) electrons. The van der Waals surface area contributed by atoms with E-state index in [-0.39, 0.29) is 24.0 Å². The Bertz CT molecular complexity index is 1440. The molecule has 14 heteroatoms. The number of halogens is 1. The molecule has 182 valence electrons. The molecule has 0 aliphatic rings. The highest BCUT2D eigenvalue weighted by Gasteiger charge is 2.18. The molecule has 3 aromatic heterocycles. The van der Waals surface area contributed by atoms with E-state index in [0.717, 1.165) is 4.31 Å². The van der Waals surface area contributed by atoms with Gasteiger partial charge in [-0.05, 0) is 18.2 Å². The predicted molar refractivity (Wildman–Crippen MR) is 123 cm³/mol. The lowest BCUT2D eigenvalue weighted by molar-refractivity contribution is -0.115. The van der Waals surface area contributed by atoms with Crippen LogP contribution in [-0.2, 0) is 21.5 Å². The fourth-order valence-corrected chi connectivity index (χ4v) is 3.58. The maximum atomic E-state index is 14.2. The molecule has 0 aliphatic heterocycles. The van der Waals surface area contributed by atoms with Crippen LogP contribution in [0.15, 0.2) is 59.4 Å². The van der Waals surface area contributed by atoms with E-state index in [1.807, 2.05) is 0 Å². The summed E-state index contributed by atoms with van der Waals surface area (Å²) < 4.78 is 47.4. The Kier molecular flexibility index (Phi) is 6.95. The molecule has 0 atom stereocenters. The van der Waals surface area contributed by atoms with Crippen molar-refractivity contribution in [3.63, 3.8) is 0 Å². The standard InChI is InChI=1S/C21H21FN8O4S/c1-29(2)35(32,33)24-12-20(31)25-19-7-9-23-21(26-19)17-11-18(16-8-10-34-28-16)30(27-17)13-14-5-3-4-6-15(14)22/h3-11,24H,12-13H2,1-2H3,(H,23,25,26,31). The van der Waals surface area contributed by atoms with Crippen LogP contribution in [0.25, 0.3) is 22.9 Å². The smallest absolute Gasteiger partial charge is 0.279 e. The second kappa shape index (κ2) is 10.1. The summed E-state index contributed by atoms with van der Waals surface area (Å²) in [6.45, 7) is -0.356. The summed E-state index contributed by atoms with van der Waals surface area (Å²) in [5.74, 6) is -0.653. The van der Waals surface area contributed by atoms with Crippen LogP contribution in [0.2, 0.25) is 0 Å². The molecule has 0 fully saturated rings. The van der Waals surface area contributed by atoms with Crippen LogP contribution in [0.4, 0.5) is 10.2 Å². The van der Waals surface area contributed by atoms with Gasteiger partial charge in [0.25, 0.3) is 10.2 Å². The van der Waals surface area contributed by atoms with Gasteiger partial charge in [-0.3, -0.25) is 9.48 Å². The zero-order chi connectivity index (χ0) is 25.0. The topological polar surface area (TPSA) is 148 Å². The van der Waals surface area contributed by atoms with Gasteiger partial charge in [-0.1, -0.05) is 23.4 Å². The summed E-state index contributed by atoms with van der Waals surface area (Å²) in [6, 6.07) is 11.1. The Labute approximate surface area is 200 Å². The molecule has 0 aliphatic carbocycles. The van der Waals surface area contributed by atoms with Gasteiger partial charge in [0.15, 0.2) is 5.82 Å². The van der Waals surface area contributed by atoms with Crippen molar-refractivity contribution in [1.29, 1.82) is 0 Å². The van der Waals surface area contributed by atoms with Crippen molar-refractivity contribution in [2.24, 2.45) is 0 Å². The average molecular weight is 501 g/mol. The van der Waals surface area contributed by atoms with E-state index in [1.165, 1.54) is 38.7 Å². The summed E-state index contributed by atoms with van der Waals surface area (Å²) in [7, 11) is -1.07. The number of hydrogen-bond donors (Lipinski definition) is 2. The Morgan fingerprint density at radius 2 is 1.97 bits per heavy atom. The van der Waals surface area contributed by atoms with Gasteiger partial charge in [-0.15, -0.1) is 0 Å². The maximum absolute atomic E-state index is 14.2. The molecule has 0 spiro atoms. The van der Waals surface area contributed by atoms with Crippen molar-refractivity contribution in [2.75, 3.05) is 26.0 Å². The molecule has 3 heterocycles. The molecule has 2 N–H and O–H groups in total. The van der Waals surface area contributed by atoms with Crippen molar-refractivity contribution in [3.8, 4) is 22.9 Å². The molecule has 4 rings (SSSR count). The number of aromatic nitrogens is 5. The van der Waals surface area contributed by atoms with Crippen LogP contribution in [0.5, 0.6) is 0 Å². The summed E-state index contributed by atoms with van der Waals surface area (Å²) in [5.41, 5.74) is 1.81. The highest BCUT2D eigenvalue weighted by Crippen LogP contribution is 2.25. The summed E-state index contributed by atoms with van der Waals surface area (Å²) in [5, 5.41) is 11.0. The van der Waals surface area contributed by atoms with E-state index in [0.29, 0.717) is 22.6 Å². The third-order valence-corrected chi connectivity index (χ3v) is 6.28. The van der Waals surface area contributed by atoms with Crippen LogP contribution in [0, 0.1) is 5.82 Å². The molecule has 35 heavy (non-hydrogen) atoms. The van der Waals surface area contributed by atoms with Gasteiger partial charge in [-0.25, -0.2) is 14.4 Å². The Morgan fingerprint density at radius 1 is 1.17 bits per heavy atom. The Hall–Kier alpha value is -4.01. The first kappa shape index (κ1) is 24.1. The number of hydrogen-bond acceptors (Lipinski definition) is 8. The van der Waals surface area contributed by atoms with Gasteiger partial charge in [0.2, 0.25) is 5.91 Å². The molecule has 1 aromatic carbocycles. The summed E-state index contributed by atoms with van der Waals surface area (Å²) in [4.78, 5) is 20.7. The van der Waals surface area contributed by atoms with E-state index in [4.69, 9.17) is 4.52 Å². The molecule has 0 unspecified atom stereocenters. The lowest BCUT2D eigenvalue weighted by Crippen LogP contribution is -2.40. The second-order valence-corrected chi connectivity index (χ2v) is 9.44. The zero-order valence-corrected chi connectivity index (χ0v) is 19.5. The van der Waals surface area contributed by atoms with E-state index in [2.05, 4.69) is 30.3 Å². The molecule has 0 saturated carbocycles. The Balaban J connectivity index is 1.58. The number of rotatable bonds is 9. The zero-order valence-electron chi connectivity index (χ0n) is 18.7. The number of amides is 1. The van der Waals surface area contributed by atoms with Crippen molar-refractivity contribution >= 4 is 21.9 Å². The minimum absolute atomic E-state index is 0.122. The highest BCUT2D eigenvalue weighted by atomic mass is 32.2. The van der Waals surface area contributed by atoms with Gasteiger partial charge in [-0.2, -0.15) is 22.5 Å².